The predicted molar refractivity (Wildman–Crippen MR) is 133 cm³/mol. The van der Waals surface area contributed by atoms with Gasteiger partial charge in [-0.1, -0.05) is 19.3 Å². The molecule has 0 radical (unpaired) electrons. The first kappa shape index (κ1) is 25.1. The fourth-order valence-corrected chi connectivity index (χ4v) is 4.42. The van der Waals surface area contributed by atoms with Gasteiger partial charge >= 0.3 is 0 Å². The molecule has 0 spiro atoms. The number of methoxy groups -OCH3 is 1. The standard InChI is InChI=1S/C27H31N3O6/c1-18-10-15-22(36-18)25(27(33)29-19-7-4-3-5-8-19)30(20-11-13-21(34-2)14-12-20)24(31)17-28-26(32)23-9-6-16-35-23/h6,9-16,19,25H,3-5,7-8,17H2,1-2H3,(H,28,32)(H,29,33). The van der Waals surface area contributed by atoms with Gasteiger partial charge in [-0.25, -0.2) is 0 Å². The van der Waals surface area contributed by atoms with Crippen LogP contribution in [0.2, 0.25) is 0 Å². The van der Waals surface area contributed by atoms with Crippen molar-refractivity contribution in [2.24, 2.45) is 0 Å². The monoisotopic (exact) mass is 493 g/mol. The first-order chi connectivity index (χ1) is 17.5. The van der Waals surface area contributed by atoms with Crippen LogP contribution in [-0.4, -0.2) is 37.4 Å². The van der Waals surface area contributed by atoms with Gasteiger partial charge in [-0.3, -0.25) is 19.3 Å². The van der Waals surface area contributed by atoms with E-state index in [-0.39, 0.29) is 24.3 Å². The third-order valence-corrected chi connectivity index (χ3v) is 6.25. The van der Waals surface area contributed by atoms with Crippen molar-refractivity contribution < 1.29 is 28.0 Å². The summed E-state index contributed by atoms with van der Waals surface area (Å²) >= 11 is 0. The molecule has 36 heavy (non-hydrogen) atoms. The Morgan fingerprint density at radius 1 is 1.06 bits per heavy atom. The lowest BCUT2D eigenvalue weighted by molar-refractivity contribution is -0.127. The van der Waals surface area contributed by atoms with Gasteiger partial charge in [0.2, 0.25) is 5.91 Å². The Morgan fingerprint density at radius 2 is 1.81 bits per heavy atom. The molecule has 1 atom stereocenters. The zero-order valence-electron chi connectivity index (χ0n) is 20.5. The molecule has 1 aliphatic rings. The zero-order chi connectivity index (χ0) is 25.5. The lowest BCUT2D eigenvalue weighted by Crippen LogP contribution is -2.49. The Kier molecular flexibility index (Phi) is 8.10. The second-order valence-electron chi connectivity index (χ2n) is 8.82. The normalized spacial score (nSPS) is 14.6. The van der Waals surface area contributed by atoms with Crippen molar-refractivity contribution in [2.45, 2.75) is 51.1 Å². The van der Waals surface area contributed by atoms with Crippen LogP contribution < -0.4 is 20.3 Å². The van der Waals surface area contributed by atoms with Crippen molar-refractivity contribution in [3.63, 3.8) is 0 Å². The highest BCUT2D eigenvalue weighted by Crippen LogP contribution is 2.31. The molecule has 9 nitrogen and oxygen atoms in total. The van der Waals surface area contributed by atoms with Crippen molar-refractivity contribution >= 4 is 23.4 Å². The number of carbonyl (C=O) groups excluding carboxylic acids is 3. The maximum absolute atomic E-state index is 13.7. The number of hydrogen-bond acceptors (Lipinski definition) is 6. The molecular formula is C27H31N3O6. The van der Waals surface area contributed by atoms with E-state index in [0.29, 0.717) is 23.0 Å². The van der Waals surface area contributed by atoms with Crippen molar-refractivity contribution in [1.82, 2.24) is 10.6 Å². The van der Waals surface area contributed by atoms with Crippen molar-refractivity contribution in [3.05, 3.63) is 72.1 Å². The summed E-state index contributed by atoms with van der Waals surface area (Å²) < 4.78 is 16.2. The third-order valence-electron chi connectivity index (χ3n) is 6.25. The van der Waals surface area contributed by atoms with Gasteiger partial charge in [0.25, 0.3) is 11.8 Å². The average Bonchev–Trinajstić information content (AvgIpc) is 3.58. The third kappa shape index (κ3) is 5.97. The molecule has 1 unspecified atom stereocenters. The Labute approximate surface area is 209 Å². The lowest BCUT2D eigenvalue weighted by atomic mass is 9.95. The van der Waals surface area contributed by atoms with E-state index in [4.69, 9.17) is 13.6 Å². The minimum Gasteiger partial charge on any atom is -0.497 e. The van der Waals surface area contributed by atoms with Crippen LogP contribution in [-0.2, 0) is 9.59 Å². The topological polar surface area (TPSA) is 114 Å². The molecular weight excluding hydrogens is 462 g/mol. The highest BCUT2D eigenvalue weighted by atomic mass is 16.5. The summed E-state index contributed by atoms with van der Waals surface area (Å²) in [6.45, 7) is 1.43. The van der Waals surface area contributed by atoms with Gasteiger partial charge in [-0.15, -0.1) is 0 Å². The number of rotatable bonds is 9. The van der Waals surface area contributed by atoms with Gasteiger partial charge in [0.15, 0.2) is 11.8 Å². The first-order valence-corrected chi connectivity index (χ1v) is 12.1. The van der Waals surface area contributed by atoms with Crippen LogP contribution >= 0.6 is 0 Å². The van der Waals surface area contributed by atoms with Crippen LogP contribution in [0.25, 0.3) is 0 Å². The molecule has 2 heterocycles. The predicted octanol–water partition coefficient (Wildman–Crippen LogP) is 4.14. The zero-order valence-corrected chi connectivity index (χ0v) is 20.5. The maximum Gasteiger partial charge on any atom is 0.287 e. The highest BCUT2D eigenvalue weighted by molar-refractivity contribution is 6.04. The maximum atomic E-state index is 13.7. The number of nitrogens with one attached hydrogen (secondary N) is 2. The first-order valence-electron chi connectivity index (χ1n) is 12.1. The number of hydrogen-bond donors (Lipinski definition) is 2. The summed E-state index contributed by atoms with van der Waals surface area (Å²) in [4.78, 5) is 41.1. The van der Waals surface area contributed by atoms with E-state index in [1.165, 1.54) is 17.2 Å². The van der Waals surface area contributed by atoms with E-state index in [2.05, 4.69) is 10.6 Å². The Balaban J connectivity index is 1.65. The molecule has 0 aliphatic heterocycles. The van der Waals surface area contributed by atoms with Crippen LogP contribution in [0.3, 0.4) is 0 Å². The Hall–Kier alpha value is -4.01. The second-order valence-corrected chi connectivity index (χ2v) is 8.82. The molecule has 4 rings (SSSR count). The SMILES string of the molecule is COc1ccc(N(C(=O)CNC(=O)c2ccco2)C(C(=O)NC2CCCCC2)c2ccc(C)o2)cc1. The van der Waals surface area contributed by atoms with Crippen molar-refractivity contribution in [2.75, 3.05) is 18.6 Å². The Bertz CT molecular complexity index is 1160. The summed E-state index contributed by atoms with van der Waals surface area (Å²) in [5, 5.41) is 5.70. The van der Waals surface area contributed by atoms with E-state index >= 15 is 0 Å². The van der Waals surface area contributed by atoms with E-state index in [0.717, 1.165) is 32.1 Å². The van der Waals surface area contributed by atoms with Gasteiger partial charge in [0, 0.05) is 11.7 Å². The molecule has 3 amide bonds. The number of ether oxygens (including phenoxy) is 1. The number of anilines is 1. The molecule has 1 fully saturated rings. The van der Waals surface area contributed by atoms with Gasteiger partial charge < -0.3 is 24.2 Å². The average molecular weight is 494 g/mol. The molecule has 1 aliphatic carbocycles. The van der Waals surface area contributed by atoms with Gasteiger partial charge in [0.1, 0.15) is 17.3 Å². The highest BCUT2D eigenvalue weighted by Gasteiger charge is 2.36. The van der Waals surface area contributed by atoms with E-state index in [1.807, 2.05) is 0 Å². The number of benzene rings is 1. The summed E-state index contributed by atoms with van der Waals surface area (Å²) in [7, 11) is 1.55. The van der Waals surface area contributed by atoms with Crippen LogP contribution in [0.4, 0.5) is 5.69 Å². The number of furan rings is 2. The molecule has 0 bridgehead atoms. The molecule has 190 valence electrons. The largest absolute Gasteiger partial charge is 0.497 e. The summed E-state index contributed by atoms with van der Waals surface area (Å²) in [5.74, 6) is 0.299. The van der Waals surface area contributed by atoms with E-state index in [9.17, 15) is 14.4 Å². The lowest BCUT2D eigenvalue weighted by Gasteiger charge is -2.32. The van der Waals surface area contributed by atoms with Crippen LogP contribution in [0.5, 0.6) is 5.75 Å². The fraction of sp³-hybridized carbons (Fsp3) is 0.370. The molecule has 3 aromatic rings. The molecule has 2 N–H and O–H groups in total. The molecule has 9 heteroatoms. The number of nitrogens with zero attached hydrogens (tertiary/aromatic N) is 1. The summed E-state index contributed by atoms with van der Waals surface area (Å²) in [5.41, 5.74) is 0.464. The Morgan fingerprint density at radius 3 is 2.42 bits per heavy atom. The second kappa shape index (κ2) is 11.6. The van der Waals surface area contributed by atoms with Crippen LogP contribution in [0.1, 0.15) is 60.2 Å². The van der Waals surface area contributed by atoms with Crippen LogP contribution in [0.15, 0.2) is 63.6 Å². The molecule has 1 saturated carbocycles. The quantitative estimate of drug-likeness (QED) is 0.463. The number of carbonyl (C=O) groups is 3. The number of amides is 3. The van der Waals surface area contributed by atoms with Crippen LogP contribution in [0, 0.1) is 6.92 Å². The van der Waals surface area contributed by atoms with Gasteiger partial charge in [-0.05, 0) is 68.3 Å². The molecule has 0 saturated heterocycles. The smallest absolute Gasteiger partial charge is 0.287 e. The minimum atomic E-state index is -1.07. The van der Waals surface area contributed by atoms with Gasteiger partial charge in [0.05, 0.1) is 19.9 Å². The number of aryl methyl sites for hydroxylation is 1. The molecule has 2 aromatic heterocycles. The fourth-order valence-electron chi connectivity index (χ4n) is 4.42. The minimum absolute atomic E-state index is 0.0382. The van der Waals surface area contributed by atoms with E-state index in [1.54, 1.807) is 56.5 Å². The summed E-state index contributed by atoms with van der Waals surface area (Å²) in [6.07, 6.45) is 6.42. The van der Waals surface area contributed by atoms with Gasteiger partial charge in [-0.2, -0.15) is 0 Å². The molecule has 1 aromatic carbocycles. The van der Waals surface area contributed by atoms with Crippen molar-refractivity contribution in [1.29, 1.82) is 0 Å². The van der Waals surface area contributed by atoms with Crippen molar-refractivity contribution in [3.8, 4) is 5.75 Å². The van der Waals surface area contributed by atoms with E-state index < -0.39 is 17.9 Å². The summed E-state index contributed by atoms with van der Waals surface area (Å²) in [6, 6.07) is 12.3.